The molecule has 0 amide bonds. The molecule has 0 spiro atoms. The lowest BCUT2D eigenvalue weighted by atomic mass is 10.1. The monoisotopic (exact) mass is 189 g/mol. The molecule has 0 saturated heterocycles. The first-order valence-corrected chi connectivity index (χ1v) is 3.49. The Labute approximate surface area is 73.2 Å². The van der Waals surface area contributed by atoms with E-state index < -0.39 is 18.6 Å². The Morgan fingerprint density at radius 1 is 1.46 bits per heavy atom. The molecule has 0 aliphatic heterocycles. The van der Waals surface area contributed by atoms with Gasteiger partial charge in [0.1, 0.15) is 5.82 Å². The molecule has 0 atom stereocenters. The largest absolute Gasteiger partial charge is 0.397 e. The predicted octanol–water partition coefficient (Wildman–Crippen LogP) is 0.676. The van der Waals surface area contributed by atoms with E-state index in [1.54, 1.807) is 0 Å². The molecule has 0 aliphatic rings. The summed E-state index contributed by atoms with van der Waals surface area (Å²) in [4.78, 5) is 3.55. The van der Waals surface area contributed by atoms with E-state index in [1.165, 1.54) is 0 Å². The van der Waals surface area contributed by atoms with Gasteiger partial charge in [0.2, 0.25) is 0 Å². The van der Waals surface area contributed by atoms with Crippen molar-refractivity contribution in [1.29, 1.82) is 0 Å². The van der Waals surface area contributed by atoms with E-state index in [4.69, 9.17) is 16.6 Å². The summed E-state index contributed by atoms with van der Waals surface area (Å²) >= 11 is 0. The zero-order valence-corrected chi connectivity index (χ0v) is 6.67. The molecule has 13 heavy (non-hydrogen) atoms. The van der Waals surface area contributed by atoms with Gasteiger partial charge in [-0.25, -0.2) is 13.8 Å². The van der Waals surface area contributed by atoms with Crippen LogP contribution in [0.2, 0.25) is 0 Å². The highest BCUT2D eigenvalue weighted by Crippen LogP contribution is 2.30. The maximum atomic E-state index is 12.4. The Balaban J connectivity index is 3.35. The molecule has 0 aromatic carbocycles. The molecule has 0 bridgehead atoms. The normalized spacial score (nSPS) is 10.8. The van der Waals surface area contributed by atoms with Crippen LogP contribution in [0, 0.1) is 0 Å². The van der Waals surface area contributed by atoms with E-state index in [9.17, 15) is 8.78 Å². The van der Waals surface area contributed by atoms with Gasteiger partial charge in [-0.15, -0.1) is 0 Å². The number of nitrogens with two attached hydrogens (primary N) is 2. The molecule has 72 valence electrons. The lowest BCUT2D eigenvalue weighted by Gasteiger charge is -2.10. The summed E-state index contributed by atoms with van der Waals surface area (Å²) in [6.07, 6.45) is -1.71. The number of nitrogen functional groups attached to an aromatic ring is 2. The fraction of sp³-hybridized carbons (Fsp3) is 0.286. The molecule has 0 saturated carbocycles. The summed E-state index contributed by atoms with van der Waals surface area (Å²) in [5.74, 6) is -0.119. The van der Waals surface area contributed by atoms with Crippen molar-refractivity contribution in [3.05, 3.63) is 17.3 Å². The van der Waals surface area contributed by atoms with Gasteiger partial charge in [0.05, 0.1) is 24.1 Å². The molecule has 1 aromatic rings. The Bertz CT molecular complexity index is 317. The van der Waals surface area contributed by atoms with Crippen LogP contribution < -0.4 is 11.5 Å². The van der Waals surface area contributed by atoms with Gasteiger partial charge in [0, 0.05) is 5.56 Å². The number of nitrogens with zero attached hydrogens (tertiary/aromatic N) is 1. The molecule has 0 aliphatic carbocycles. The van der Waals surface area contributed by atoms with E-state index in [2.05, 4.69) is 4.98 Å². The Morgan fingerprint density at radius 2 is 2.08 bits per heavy atom. The first kappa shape index (κ1) is 9.66. The maximum Gasteiger partial charge on any atom is 0.266 e. The van der Waals surface area contributed by atoms with Gasteiger partial charge in [0.15, 0.2) is 0 Å². The summed E-state index contributed by atoms with van der Waals surface area (Å²) in [5.41, 5.74) is 9.84. The highest BCUT2D eigenvalue weighted by atomic mass is 19.3. The Kier molecular flexibility index (Phi) is 2.62. The molecular weight excluding hydrogens is 180 g/mol. The minimum Gasteiger partial charge on any atom is -0.397 e. The van der Waals surface area contributed by atoms with Crippen molar-refractivity contribution in [3.8, 4) is 0 Å². The summed E-state index contributed by atoms with van der Waals surface area (Å²) in [7, 11) is 0. The molecule has 5 N–H and O–H groups in total. The highest BCUT2D eigenvalue weighted by molar-refractivity contribution is 5.57. The van der Waals surface area contributed by atoms with E-state index in [0.717, 1.165) is 6.20 Å². The molecule has 1 heterocycles. The van der Waals surface area contributed by atoms with Gasteiger partial charge in [-0.05, 0) is 0 Å². The second kappa shape index (κ2) is 3.53. The SMILES string of the molecule is Nc1cnc(N)c(CO)c1C(F)F. The number of hydrogen-bond acceptors (Lipinski definition) is 4. The number of aliphatic hydroxyl groups excluding tert-OH is 1. The van der Waals surface area contributed by atoms with Crippen LogP contribution in [-0.4, -0.2) is 10.1 Å². The van der Waals surface area contributed by atoms with Crippen LogP contribution in [-0.2, 0) is 6.61 Å². The minimum atomic E-state index is -2.76. The fourth-order valence-electron chi connectivity index (χ4n) is 1.02. The van der Waals surface area contributed by atoms with Crippen LogP contribution in [0.15, 0.2) is 6.20 Å². The number of alkyl halides is 2. The van der Waals surface area contributed by atoms with Crippen LogP contribution in [0.4, 0.5) is 20.3 Å². The molecule has 1 aromatic heterocycles. The number of halogens is 2. The number of aromatic nitrogens is 1. The molecular formula is C7H9F2N3O. The zero-order valence-electron chi connectivity index (χ0n) is 6.67. The summed E-state index contributed by atoms with van der Waals surface area (Å²) in [6.45, 7) is -0.594. The van der Waals surface area contributed by atoms with Crippen LogP contribution in [0.1, 0.15) is 17.6 Å². The molecule has 0 unspecified atom stereocenters. The van der Waals surface area contributed by atoms with Gasteiger partial charge in [-0.3, -0.25) is 0 Å². The molecule has 0 radical (unpaired) electrons. The highest BCUT2D eigenvalue weighted by Gasteiger charge is 2.18. The van der Waals surface area contributed by atoms with Crippen LogP contribution >= 0.6 is 0 Å². The average Bonchev–Trinajstić information content (AvgIpc) is 2.07. The van der Waals surface area contributed by atoms with Crippen molar-refractivity contribution < 1.29 is 13.9 Å². The topological polar surface area (TPSA) is 85.2 Å². The van der Waals surface area contributed by atoms with E-state index in [-0.39, 0.29) is 17.1 Å². The average molecular weight is 189 g/mol. The van der Waals surface area contributed by atoms with Gasteiger partial charge in [0.25, 0.3) is 6.43 Å². The van der Waals surface area contributed by atoms with E-state index in [1.807, 2.05) is 0 Å². The molecule has 4 nitrogen and oxygen atoms in total. The van der Waals surface area contributed by atoms with Crippen molar-refractivity contribution in [2.24, 2.45) is 0 Å². The van der Waals surface area contributed by atoms with Crippen molar-refractivity contribution in [1.82, 2.24) is 4.98 Å². The number of hydrogen-bond donors (Lipinski definition) is 3. The molecule has 0 fully saturated rings. The van der Waals surface area contributed by atoms with Crippen molar-refractivity contribution in [2.45, 2.75) is 13.0 Å². The van der Waals surface area contributed by atoms with E-state index in [0.29, 0.717) is 0 Å². The molecule has 1 rings (SSSR count). The van der Waals surface area contributed by atoms with Gasteiger partial charge < -0.3 is 16.6 Å². The minimum absolute atomic E-state index is 0.102. The Hall–Kier alpha value is -1.43. The summed E-state index contributed by atoms with van der Waals surface area (Å²) < 4.78 is 24.8. The third kappa shape index (κ3) is 1.67. The molecule has 6 heteroatoms. The van der Waals surface area contributed by atoms with Gasteiger partial charge >= 0.3 is 0 Å². The van der Waals surface area contributed by atoms with Crippen molar-refractivity contribution in [3.63, 3.8) is 0 Å². The zero-order chi connectivity index (χ0) is 10.0. The Morgan fingerprint density at radius 3 is 2.46 bits per heavy atom. The number of aliphatic hydroxyl groups is 1. The number of pyridine rings is 1. The van der Waals surface area contributed by atoms with E-state index >= 15 is 0 Å². The third-order valence-corrected chi connectivity index (χ3v) is 1.66. The summed E-state index contributed by atoms with van der Waals surface area (Å²) in [6, 6.07) is 0. The first-order valence-electron chi connectivity index (χ1n) is 3.49. The van der Waals surface area contributed by atoms with Crippen molar-refractivity contribution >= 4 is 11.5 Å². The summed E-state index contributed by atoms with van der Waals surface area (Å²) in [5, 5.41) is 8.76. The van der Waals surface area contributed by atoms with Crippen LogP contribution in [0.5, 0.6) is 0 Å². The van der Waals surface area contributed by atoms with Gasteiger partial charge in [-0.2, -0.15) is 0 Å². The predicted molar refractivity (Wildman–Crippen MR) is 43.9 cm³/mol. The van der Waals surface area contributed by atoms with Gasteiger partial charge in [-0.1, -0.05) is 0 Å². The second-order valence-electron chi connectivity index (χ2n) is 2.45. The number of rotatable bonds is 2. The lowest BCUT2D eigenvalue weighted by Crippen LogP contribution is -2.06. The lowest BCUT2D eigenvalue weighted by molar-refractivity contribution is 0.148. The van der Waals surface area contributed by atoms with Crippen LogP contribution in [0.25, 0.3) is 0 Å². The third-order valence-electron chi connectivity index (χ3n) is 1.66. The fourth-order valence-corrected chi connectivity index (χ4v) is 1.02. The standard InChI is InChI=1S/C7H9F2N3O/c8-6(9)5-3(2-13)7(11)12-1-4(5)10/h1,6,13H,2,10H2,(H2,11,12). The number of anilines is 2. The van der Waals surface area contributed by atoms with Crippen LogP contribution in [0.3, 0.4) is 0 Å². The maximum absolute atomic E-state index is 12.4. The second-order valence-corrected chi connectivity index (χ2v) is 2.45. The quantitative estimate of drug-likeness (QED) is 0.638. The smallest absolute Gasteiger partial charge is 0.266 e. The first-order chi connectivity index (χ1) is 6.07. The van der Waals surface area contributed by atoms with Crippen molar-refractivity contribution in [2.75, 3.05) is 11.5 Å².